The molecule has 1 heterocycles. The molecular formula is C13H13Br2NS2. The van der Waals surface area contributed by atoms with Crippen LogP contribution in [0.1, 0.15) is 11.6 Å². The summed E-state index contributed by atoms with van der Waals surface area (Å²) in [6.45, 7) is 0. The van der Waals surface area contributed by atoms with Crippen LogP contribution in [0.2, 0.25) is 0 Å². The van der Waals surface area contributed by atoms with Crippen molar-refractivity contribution in [2.75, 3.05) is 12.8 Å². The number of thioether (sulfide) groups is 1. The molecule has 0 saturated heterocycles. The number of nitrogens with one attached hydrogen (secondary N) is 1. The summed E-state index contributed by atoms with van der Waals surface area (Å²) in [4.78, 5) is 1.28. The van der Waals surface area contributed by atoms with E-state index in [1.165, 1.54) is 14.9 Å². The largest absolute Gasteiger partial charge is 0.312 e. The second-order valence-corrected chi connectivity index (χ2v) is 7.27. The van der Waals surface area contributed by atoms with Gasteiger partial charge in [0.15, 0.2) is 0 Å². The zero-order valence-electron chi connectivity index (χ0n) is 9.82. The lowest BCUT2D eigenvalue weighted by Crippen LogP contribution is -2.18. The van der Waals surface area contributed by atoms with Gasteiger partial charge in [-0.2, -0.15) is 11.3 Å². The molecule has 2 rings (SSSR count). The Morgan fingerprint density at radius 3 is 2.61 bits per heavy atom. The third-order valence-electron chi connectivity index (χ3n) is 2.61. The standard InChI is InChI=1S/C13H13Br2NS2/c1-16-12(9-6-17-7-11(9)15)8-18-13-5-3-2-4-10(13)14/h2-7,12,16H,8H2,1H3. The summed E-state index contributed by atoms with van der Waals surface area (Å²) in [7, 11) is 2.01. The molecule has 0 aliphatic carbocycles. The Labute approximate surface area is 133 Å². The predicted octanol–water partition coefficient (Wildman–Crippen LogP) is 5.33. The first-order valence-electron chi connectivity index (χ1n) is 5.48. The summed E-state index contributed by atoms with van der Waals surface area (Å²) < 4.78 is 2.36. The van der Waals surface area contributed by atoms with E-state index < -0.39 is 0 Å². The van der Waals surface area contributed by atoms with Gasteiger partial charge in [0.2, 0.25) is 0 Å². The molecule has 0 aliphatic rings. The van der Waals surface area contributed by atoms with Crippen molar-refractivity contribution in [3.8, 4) is 0 Å². The molecule has 1 unspecified atom stereocenters. The lowest BCUT2D eigenvalue weighted by atomic mass is 10.2. The molecule has 1 aromatic carbocycles. The number of hydrogen-bond acceptors (Lipinski definition) is 3. The van der Waals surface area contributed by atoms with Crippen LogP contribution in [-0.2, 0) is 0 Å². The zero-order valence-corrected chi connectivity index (χ0v) is 14.6. The van der Waals surface area contributed by atoms with Gasteiger partial charge in [0.1, 0.15) is 0 Å². The van der Waals surface area contributed by atoms with Crippen LogP contribution in [0.5, 0.6) is 0 Å². The average molecular weight is 407 g/mol. The fraction of sp³-hybridized carbons (Fsp3) is 0.231. The first kappa shape index (κ1) is 14.6. The van der Waals surface area contributed by atoms with Gasteiger partial charge in [-0.25, -0.2) is 0 Å². The van der Waals surface area contributed by atoms with Crippen molar-refractivity contribution in [3.63, 3.8) is 0 Å². The van der Waals surface area contributed by atoms with Crippen molar-refractivity contribution in [1.82, 2.24) is 5.32 Å². The molecule has 5 heteroatoms. The molecular weight excluding hydrogens is 394 g/mol. The van der Waals surface area contributed by atoms with Crippen LogP contribution in [0.15, 0.2) is 48.9 Å². The molecule has 1 nitrogen and oxygen atoms in total. The van der Waals surface area contributed by atoms with Gasteiger partial charge in [-0.3, -0.25) is 0 Å². The Morgan fingerprint density at radius 1 is 1.22 bits per heavy atom. The van der Waals surface area contributed by atoms with E-state index in [1.54, 1.807) is 11.3 Å². The number of rotatable bonds is 5. The van der Waals surface area contributed by atoms with E-state index in [-0.39, 0.29) is 0 Å². The van der Waals surface area contributed by atoms with E-state index in [2.05, 4.69) is 66.1 Å². The maximum atomic E-state index is 3.60. The first-order chi connectivity index (χ1) is 8.72. The summed E-state index contributed by atoms with van der Waals surface area (Å²) >= 11 is 10.8. The topological polar surface area (TPSA) is 12.0 Å². The monoisotopic (exact) mass is 405 g/mol. The molecule has 0 aliphatic heterocycles. The van der Waals surface area contributed by atoms with E-state index in [0.717, 1.165) is 10.2 Å². The maximum absolute atomic E-state index is 3.60. The summed E-state index contributed by atoms with van der Waals surface area (Å²) in [6.07, 6.45) is 0. The summed E-state index contributed by atoms with van der Waals surface area (Å²) in [5, 5.41) is 7.70. The molecule has 1 atom stereocenters. The predicted molar refractivity (Wildman–Crippen MR) is 88.7 cm³/mol. The lowest BCUT2D eigenvalue weighted by Gasteiger charge is -2.15. The Balaban J connectivity index is 2.05. The fourth-order valence-electron chi connectivity index (χ4n) is 1.60. The molecule has 0 amide bonds. The van der Waals surface area contributed by atoms with Gasteiger partial charge in [-0.05, 0) is 62.0 Å². The van der Waals surface area contributed by atoms with Gasteiger partial charge >= 0.3 is 0 Å². The highest BCUT2D eigenvalue weighted by Gasteiger charge is 2.14. The zero-order chi connectivity index (χ0) is 13.0. The molecule has 96 valence electrons. The third-order valence-corrected chi connectivity index (χ3v) is 6.48. The normalized spacial score (nSPS) is 12.6. The molecule has 1 aromatic heterocycles. The van der Waals surface area contributed by atoms with Gasteiger partial charge in [0.25, 0.3) is 0 Å². The Morgan fingerprint density at radius 2 is 2.00 bits per heavy atom. The Bertz CT molecular complexity index is 513. The molecule has 1 N–H and O–H groups in total. The number of thiophene rings is 1. The van der Waals surface area contributed by atoms with Crippen LogP contribution in [0.25, 0.3) is 0 Å². The van der Waals surface area contributed by atoms with E-state index in [0.29, 0.717) is 6.04 Å². The fourth-order valence-corrected chi connectivity index (χ4v) is 4.93. The number of benzene rings is 1. The average Bonchev–Trinajstić information content (AvgIpc) is 2.79. The minimum Gasteiger partial charge on any atom is -0.312 e. The first-order valence-corrected chi connectivity index (χ1v) is 9.00. The molecule has 18 heavy (non-hydrogen) atoms. The highest BCUT2D eigenvalue weighted by Crippen LogP contribution is 2.33. The minimum atomic E-state index is 0.364. The third kappa shape index (κ3) is 3.61. The molecule has 0 bridgehead atoms. The molecule has 0 saturated carbocycles. The second-order valence-electron chi connectivity index (χ2n) is 3.76. The lowest BCUT2D eigenvalue weighted by molar-refractivity contribution is 0.661. The van der Waals surface area contributed by atoms with Crippen LogP contribution < -0.4 is 5.32 Å². The van der Waals surface area contributed by atoms with Gasteiger partial charge in [0.05, 0.1) is 0 Å². The van der Waals surface area contributed by atoms with Crippen LogP contribution in [0, 0.1) is 0 Å². The van der Waals surface area contributed by atoms with Gasteiger partial charge in [-0.1, -0.05) is 12.1 Å². The van der Waals surface area contributed by atoms with Crippen molar-refractivity contribution in [3.05, 3.63) is 49.5 Å². The van der Waals surface area contributed by atoms with Crippen molar-refractivity contribution in [1.29, 1.82) is 0 Å². The number of hydrogen-bond donors (Lipinski definition) is 1. The minimum absolute atomic E-state index is 0.364. The van der Waals surface area contributed by atoms with E-state index >= 15 is 0 Å². The Hall–Kier alpha value is 0.190. The summed E-state index contributed by atoms with van der Waals surface area (Å²) in [5.41, 5.74) is 1.34. The van der Waals surface area contributed by atoms with Gasteiger partial charge < -0.3 is 5.32 Å². The van der Waals surface area contributed by atoms with Gasteiger partial charge in [-0.15, -0.1) is 11.8 Å². The highest BCUT2D eigenvalue weighted by atomic mass is 79.9. The highest BCUT2D eigenvalue weighted by molar-refractivity contribution is 9.10. The molecule has 2 aromatic rings. The van der Waals surface area contributed by atoms with Crippen LogP contribution in [-0.4, -0.2) is 12.8 Å². The van der Waals surface area contributed by atoms with E-state index in [4.69, 9.17) is 0 Å². The van der Waals surface area contributed by atoms with Crippen molar-refractivity contribution in [2.45, 2.75) is 10.9 Å². The SMILES string of the molecule is CNC(CSc1ccccc1Br)c1cscc1Br. The number of halogens is 2. The van der Waals surface area contributed by atoms with Gasteiger partial charge in [0, 0.05) is 31.0 Å². The molecule has 0 fully saturated rings. The molecule has 0 spiro atoms. The smallest absolute Gasteiger partial charge is 0.0432 e. The van der Waals surface area contributed by atoms with Crippen LogP contribution in [0.3, 0.4) is 0 Å². The quantitative estimate of drug-likeness (QED) is 0.673. The van der Waals surface area contributed by atoms with Crippen molar-refractivity contribution < 1.29 is 0 Å². The van der Waals surface area contributed by atoms with E-state index in [1.807, 2.05) is 24.9 Å². The summed E-state index contributed by atoms with van der Waals surface area (Å²) in [5.74, 6) is 1.01. The second kappa shape index (κ2) is 7.10. The van der Waals surface area contributed by atoms with Crippen LogP contribution in [0.4, 0.5) is 0 Å². The summed E-state index contributed by atoms with van der Waals surface area (Å²) in [6, 6.07) is 8.70. The molecule has 0 radical (unpaired) electrons. The maximum Gasteiger partial charge on any atom is 0.0432 e. The van der Waals surface area contributed by atoms with E-state index in [9.17, 15) is 0 Å². The Kier molecular flexibility index (Phi) is 5.76. The van der Waals surface area contributed by atoms with Crippen molar-refractivity contribution in [2.24, 2.45) is 0 Å². The van der Waals surface area contributed by atoms with Crippen molar-refractivity contribution >= 4 is 55.0 Å². The van der Waals surface area contributed by atoms with Crippen LogP contribution >= 0.6 is 55.0 Å².